The van der Waals surface area contributed by atoms with Gasteiger partial charge in [0.25, 0.3) is 0 Å². The zero-order valence-corrected chi connectivity index (χ0v) is 11.1. The first-order valence-electron chi connectivity index (χ1n) is 6.78. The zero-order chi connectivity index (χ0) is 13.2. The number of anilines is 1. The second-order valence-electron chi connectivity index (χ2n) is 4.89. The Labute approximate surface area is 112 Å². The summed E-state index contributed by atoms with van der Waals surface area (Å²) in [7, 11) is 0. The second-order valence-corrected chi connectivity index (χ2v) is 4.89. The van der Waals surface area contributed by atoms with Gasteiger partial charge in [-0.05, 0) is 37.5 Å². The van der Waals surface area contributed by atoms with Gasteiger partial charge in [0.05, 0.1) is 17.9 Å². The van der Waals surface area contributed by atoms with Crippen LogP contribution in [-0.2, 0) is 0 Å². The summed E-state index contributed by atoms with van der Waals surface area (Å²) in [6.45, 7) is 2.64. The predicted molar refractivity (Wildman–Crippen MR) is 74.1 cm³/mol. The standard InChI is InChI=1S/C15H18N2O2/c1-2-18-12-8-6-10(7-9-12)13-14(11-4-3-5-11)17-19-15(13)16/h6-9,11H,2-5,16H2,1H3. The highest BCUT2D eigenvalue weighted by Gasteiger charge is 2.28. The number of benzene rings is 1. The molecule has 0 bridgehead atoms. The van der Waals surface area contributed by atoms with Gasteiger partial charge >= 0.3 is 0 Å². The van der Waals surface area contributed by atoms with Crippen LogP contribution in [0.2, 0.25) is 0 Å². The van der Waals surface area contributed by atoms with Crippen LogP contribution < -0.4 is 10.5 Å². The lowest BCUT2D eigenvalue weighted by Crippen LogP contribution is -2.10. The highest BCUT2D eigenvalue weighted by Crippen LogP contribution is 2.42. The van der Waals surface area contributed by atoms with E-state index in [-0.39, 0.29) is 0 Å². The summed E-state index contributed by atoms with van der Waals surface area (Å²) in [6, 6.07) is 7.93. The Morgan fingerprint density at radius 2 is 2.05 bits per heavy atom. The van der Waals surface area contributed by atoms with Crippen molar-refractivity contribution in [1.29, 1.82) is 0 Å². The average Bonchev–Trinajstić information content (AvgIpc) is 2.71. The van der Waals surface area contributed by atoms with Crippen LogP contribution in [0.1, 0.15) is 37.8 Å². The number of hydrogen-bond acceptors (Lipinski definition) is 4. The minimum Gasteiger partial charge on any atom is -0.494 e. The first-order valence-corrected chi connectivity index (χ1v) is 6.78. The second kappa shape index (κ2) is 4.96. The first kappa shape index (κ1) is 12.1. The third kappa shape index (κ3) is 2.18. The van der Waals surface area contributed by atoms with Crippen molar-refractivity contribution in [2.45, 2.75) is 32.1 Å². The molecule has 0 amide bonds. The maximum atomic E-state index is 5.93. The lowest BCUT2D eigenvalue weighted by Gasteiger charge is -2.23. The highest BCUT2D eigenvalue weighted by atomic mass is 16.5. The van der Waals surface area contributed by atoms with E-state index in [4.69, 9.17) is 15.0 Å². The summed E-state index contributed by atoms with van der Waals surface area (Å²) in [5.41, 5.74) is 8.93. The number of nitrogen functional groups attached to an aromatic ring is 1. The van der Waals surface area contributed by atoms with Crippen LogP contribution in [0.3, 0.4) is 0 Å². The van der Waals surface area contributed by atoms with Gasteiger partial charge in [-0.1, -0.05) is 23.7 Å². The lowest BCUT2D eigenvalue weighted by atomic mass is 9.80. The van der Waals surface area contributed by atoms with E-state index in [2.05, 4.69) is 5.16 Å². The van der Waals surface area contributed by atoms with Crippen molar-refractivity contribution >= 4 is 5.88 Å². The molecule has 3 rings (SSSR count). The van der Waals surface area contributed by atoms with Crippen molar-refractivity contribution in [2.75, 3.05) is 12.3 Å². The van der Waals surface area contributed by atoms with Crippen molar-refractivity contribution in [3.63, 3.8) is 0 Å². The molecule has 19 heavy (non-hydrogen) atoms. The molecular weight excluding hydrogens is 240 g/mol. The highest BCUT2D eigenvalue weighted by molar-refractivity contribution is 5.76. The van der Waals surface area contributed by atoms with Gasteiger partial charge in [-0.25, -0.2) is 0 Å². The number of nitrogens with two attached hydrogens (primary N) is 1. The minimum atomic E-state index is 0.408. The van der Waals surface area contributed by atoms with Crippen molar-refractivity contribution in [3.8, 4) is 16.9 Å². The topological polar surface area (TPSA) is 61.3 Å². The Bertz CT molecular complexity index is 556. The van der Waals surface area contributed by atoms with Crippen LogP contribution in [-0.4, -0.2) is 11.8 Å². The fourth-order valence-electron chi connectivity index (χ4n) is 2.45. The van der Waals surface area contributed by atoms with Crippen LogP contribution in [0.25, 0.3) is 11.1 Å². The number of ether oxygens (including phenoxy) is 1. The lowest BCUT2D eigenvalue weighted by molar-refractivity contribution is 0.340. The number of rotatable bonds is 4. The van der Waals surface area contributed by atoms with Gasteiger partial charge in [-0.2, -0.15) is 0 Å². The van der Waals surface area contributed by atoms with Crippen LogP contribution >= 0.6 is 0 Å². The molecule has 2 N–H and O–H groups in total. The van der Waals surface area contributed by atoms with Gasteiger partial charge in [0, 0.05) is 5.92 Å². The molecule has 100 valence electrons. The predicted octanol–water partition coefficient (Wildman–Crippen LogP) is 3.59. The quantitative estimate of drug-likeness (QED) is 0.910. The van der Waals surface area contributed by atoms with Gasteiger partial charge in [0.15, 0.2) is 0 Å². The molecule has 0 atom stereocenters. The third-order valence-corrected chi connectivity index (χ3v) is 3.69. The molecule has 1 aliphatic rings. The summed E-state index contributed by atoms with van der Waals surface area (Å²) in [4.78, 5) is 0. The van der Waals surface area contributed by atoms with E-state index in [0.717, 1.165) is 22.6 Å². The maximum Gasteiger partial charge on any atom is 0.230 e. The SMILES string of the molecule is CCOc1ccc(-c2c(C3CCC3)noc2N)cc1. The van der Waals surface area contributed by atoms with E-state index in [0.29, 0.717) is 18.4 Å². The van der Waals surface area contributed by atoms with E-state index in [1.54, 1.807) is 0 Å². The number of hydrogen-bond donors (Lipinski definition) is 1. The molecule has 0 spiro atoms. The molecule has 1 saturated carbocycles. The summed E-state index contributed by atoms with van der Waals surface area (Å²) in [5.74, 6) is 1.78. The Hall–Kier alpha value is -1.97. The molecule has 1 fully saturated rings. The van der Waals surface area contributed by atoms with Gasteiger partial charge in [-0.3, -0.25) is 0 Å². The molecule has 2 aromatic rings. The van der Waals surface area contributed by atoms with E-state index in [1.807, 2.05) is 31.2 Å². The average molecular weight is 258 g/mol. The van der Waals surface area contributed by atoms with Crippen molar-refractivity contribution in [3.05, 3.63) is 30.0 Å². The van der Waals surface area contributed by atoms with Gasteiger partial charge in [0.1, 0.15) is 5.75 Å². The first-order chi connectivity index (χ1) is 9.29. The van der Waals surface area contributed by atoms with Crippen LogP contribution in [0.15, 0.2) is 28.8 Å². The molecule has 1 aliphatic carbocycles. The number of nitrogens with zero attached hydrogens (tertiary/aromatic N) is 1. The van der Waals surface area contributed by atoms with Crippen LogP contribution in [0.4, 0.5) is 5.88 Å². The van der Waals surface area contributed by atoms with E-state index >= 15 is 0 Å². The minimum absolute atomic E-state index is 0.408. The molecule has 0 saturated heterocycles. The third-order valence-electron chi connectivity index (χ3n) is 3.69. The maximum absolute atomic E-state index is 5.93. The van der Waals surface area contributed by atoms with Crippen molar-refractivity contribution < 1.29 is 9.26 Å². The summed E-state index contributed by atoms with van der Waals surface area (Å²) < 4.78 is 10.6. The van der Waals surface area contributed by atoms with E-state index in [9.17, 15) is 0 Å². The molecule has 4 heteroatoms. The normalized spacial score (nSPS) is 15.2. The molecule has 0 unspecified atom stereocenters. The summed E-state index contributed by atoms with van der Waals surface area (Å²) >= 11 is 0. The monoisotopic (exact) mass is 258 g/mol. The Kier molecular flexibility index (Phi) is 3.15. The smallest absolute Gasteiger partial charge is 0.230 e. The Morgan fingerprint density at radius 3 is 2.63 bits per heavy atom. The van der Waals surface area contributed by atoms with E-state index < -0.39 is 0 Å². The summed E-state index contributed by atoms with van der Waals surface area (Å²) in [6.07, 6.45) is 3.62. The van der Waals surface area contributed by atoms with Gasteiger partial charge in [-0.15, -0.1) is 0 Å². The number of aromatic nitrogens is 1. The molecule has 4 nitrogen and oxygen atoms in total. The van der Waals surface area contributed by atoms with Crippen LogP contribution in [0, 0.1) is 0 Å². The fourth-order valence-corrected chi connectivity index (χ4v) is 2.45. The molecule has 1 heterocycles. The largest absolute Gasteiger partial charge is 0.494 e. The molecule has 1 aromatic carbocycles. The molecule has 0 radical (unpaired) electrons. The van der Waals surface area contributed by atoms with Crippen LogP contribution in [0.5, 0.6) is 5.75 Å². The van der Waals surface area contributed by atoms with Gasteiger partial charge in [0.2, 0.25) is 5.88 Å². The Morgan fingerprint density at radius 1 is 1.32 bits per heavy atom. The van der Waals surface area contributed by atoms with Gasteiger partial charge < -0.3 is 15.0 Å². The molecular formula is C15H18N2O2. The molecule has 0 aliphatic heterocycles. The Balaban J connectivity index is 1.94. The molecule has 1 aromatic heterocycles. The summed E-state index contributed by atoms with van der Waals surface area (Å²) in [5, 5.41) is 4.14. The van der Waals surface area contributed by atoms with Crippen molar-refractivity contribution in [2.24, 2.45) is 0 Å². The van der Waals surface area contributed by atoms with E-state index in [1.165, 1.54) is 19.3 Å². The van der Waals surface area contributed by atoms with Crippen molar-refractivity contribution in [1.82, 2.24) is 5.16 Å². The fraction of sp³-hybridized carbons (Fsp3) is 0.400. The zero-order valence-electron chi connectivity index (χ0n) is 11.1.